The van der Waals surface area contributed by atoms with Crippen LogP contribution in [-0.4, -0.2) is 0 Å². The number of para-hydroxylation sites is 4. The van der Waals surface area contributed by atoms with Gasteiger partial charge in [0.05, 0.1) is 11.4 Å². The number of hydrogen-bond acceptors (Lipinski definition) is 3. The molecule has 0 fully saturated rings. The molecule has 0 saturated carbocycles. The number of hydrogen-bond donors (Lipinski definition) is 0. The van der Waals surface area contributed by atoms with Crippen molar-refractivity contribution in [3.8, 4) is 11.5 Å². The number of fused-ring (bicyclic) bond motifs is 2. The predicted octanol–water partition coefficient (Wildman–Crippen LogP) is 6.90. The molecule has 1 heterocycles. The lowest BCUT2D eigenvalue weighted by Crippen LogP contribution is -2.26. The van der Waals surface area contributed by atoms with Crippen LogP contribution >= 0.6 is 7.14 Å². The van der Waals surface area contributed by atoms with Crippen LogP contribution in [0.15, 0.2) is 133 Å². The highest BCUT2D eigenvalue weighted by molar-refractivity contribution is 7.85. The number of ether oxygens (including phenoxy) is 1. The molecule has 0 atom stereocenters. The Bertz CT molecular complexity index is 1430. The highest BCUT2D eigenvalue weighted by atomic mass is 31.2. The fourth-order valence-electron chi connectivity index (χ4n) is 4.53. The van der Waals surface area contributed by atoms with Crippen LogP contribution in [-0.2, 0) is 4.57 Å². The van der Waals surface area contributed by atoms with Gasteiger partial charge in [-0.15, -0.1) is 0 Å². The summed E-state index contributed by atoms with van der Waals surface area (Å²) < 4.78 is 21.1. The summed E-state index contributed by atoms with van der Waals surface area (Å²) in [5, 5.41) is 2.44. The van der Waals surface area contributed by atoms with E-state index in [0.717, 1.165) is 44.5 Å². The van der Waals surface area contributed by atoms with E-state index < -0.39 is 7.14 Å². The van der Waals surface area contributed by atoms with E-state index in [1.165, 1.54) is 0 Å². The summed E-state index contributed by atoms with van der Waals surface area (Å²) in [5.41, 5.74) is 2.84. The number of benzene rings is 5. The molecule has 164 valence electrons. The van der Waals surface area contributed by atoms with Crippen molar-refractivity contribution in [1.29, 1.82) is 0 Å². The van der Waals surface area contributed by atoms with E-state index in [-0.39, 0.29) is 0 Å². The van der Waals surface area contributed by atoms with Gasteiger partial charge in [-0.25, -0.2) is 0 Å². The molecular formula is C30H22NO2P. The van der Waals surface area contributed by atoms with Crippen LogP contribution in [0.4, 0.5) is 17.1 Å². The van der Waals surface area contributed by atoms with Crippen molar-refractivity contribution in [2.45, 2.75) is 0 Å². The van der Waals surface area contributed by atoms with Gasteiger partial charge in [0.25, 0.3) is 0 Å². The molecule has 0 spiro atoms. The molecule has 1 aliphatic heterocycles. The monoisotopic (exact) mass is 459 g/mol. The summed E-state index contributed by atoms with van der Waals surface area (Å²) in [6, 6.07) is 43.6. The Kier molecular flexibility index (Phi) is 5.05. The predicted molar refractivity (Wildman–Crippen MR) is 141 cm³/mol. The Hall–Kier alpha value is -4.07. The van der Waals surface area contributed by atoms with E-state index in [9.17, 15) is 4.57 Å². The van der Waals surface area contributed by atoms with Crippen molar-refractivity contribution in [2.75, 3.05) is 4.90 Å². The van der Waals surface area contributed by atoms with Gasteiger partial charge in [0.15, 0.2) is 18.6 Å². The van der Waals surface area contributed by atoms with Crippen LogP contribution < -0.4 is 25.6 Å². The Morgan fingerprint density at radius 1 is 0.500 bits per heavy atom. The van der Waals surface area contributed by atoms with Gasteiger partial charge in [0, 0.05) is 21.6 Å². The smallest absolute Gasteiger partial charge is 0.171 e. The Morgan fingerprint density at radius 3 is 1.53 bits per heavy atom. The van der Waals surface area contributed by atoms with E-state index in [0.29, 0.717) is 0 Å². The summed E-state index contributed by atoms with van der Waals surface area (Å²) >= 11 is 0. The van der Waals surface area contributed by atoms with Crippen LogP contribution in [0.25, 0.3) is 0 Å². The second kappa shape index (κ2) is 8.37. The second-order valence-electron chi connectivity index (χ2n) is 8.17. The van der Waals surface area contributed by atoms with Gasteiger partial charge in [-0.3, -0.25) is 0 Å². The molecule has 0 saturated heterocycles. The zero-order chi connectivity index (χ0) is 23.0. The summed E-state index contributed by atoms with van der Waals surface area (Å²) in [6.45, 7) is 0. The quantitative estimate of drug-likeness (QED) is 0.269. The normalized spacial score (nSPS) is 12.4. The number of nitrogens with zero attached hydrogens (tertiary/aromatic N) is 1. The fourth-order valence-corrected chi connectivity index (χ4v) is 7.22. The van der Waals surface area contributed by atoms with E-state index in [2.05, 4.69) is 17.0 Å². The molecular weight excluding hydrogens is 437 g/mol. The third-order valence-electron chi connectivity index (χ3n) is 6.12. The Balaban J connectivity index is 1.57. The lowest BCUT2D eigenvalue weighted by atomic mass is 10.1. The summed E-state index contributed by atoms with van der Waals surface area (Å²) in [4.78, 5) is 2.18. The first-order valence-electron chi connectivity index (χ1n) is 11.2. The van der Waals surface area contributed by atoms with Gasteiger partial charge in [0.1, 0.15) is 0 Å². The molecule has 6 rings (SSSR count). The van der Waals surface area contributed by atoms with Gasteiger partial charge in [-0.1, -0.05) is 97.1 Å². The molecule has 0 aliphatic carbocycles. The Morgan fingerprint density at radius 2 is 0.971 bits per heavy atom. The maximum atomic E-state index is 14.9. The molecule has 0 unspecified atom stereocenters. The van der Waals surface area contributed by atoms with Crippen molar-refractivity contribution in [3.63, 3.8) is 0 Å². The van der Waals surface area contributed by atoms with Gasteiger partial charge in [-0.05, 0) is 36.4 Å². The highest BCUT2D eigenvalue weighted by Crippen LogP contribution is 2.51. The van der Waals surface area contributed by atoms with Crippen molar-refractivity contribution in [3.05, 3.63) is 133 Å². The first-order valence-corrected chi connectivity index (χ1v) is 12.9. The van der Waals surface area contributed by atoms with E-state index >= 15 is 0 Å². The average Bonchev–Trinajstić information content (AvgIpc) is 2.92. The van der Waals surface area contributed by atoms with Crippen LogP contribution in [0.3, 0.4) is 0 Å². The number of rotatable bonds is 4. The molecule has 0 amide bonds. The topological polar surface area (TPSA) is 29.5 Å². The molecule has 34 heavy (non-hydrogen) atoms. The van der Waals surface area contributed by atoms with Crippen molar-refractivity contribution >= 4 is 40.1 Å². The zero-order valence-electron chi connectivity index (χ0n) is 18.4. The summed E-state index contributed by atoms with van der Waals surface area (Å²) in [7, 11) is -3.08. The van der Waals surface area contributed by atoms with E-state index in [1.807, 2.05) is 121 Å². The van der Waals surface area contributed by atoms with E-state index in [1.54, 1.807) is 0 Å². The highest BCUT2D eigenvalue weighted by Gasteiger charge is 2.31. The molecule has 1 aliphatic rings. The van der Waals surface area contributed by atoms with Crippen LogP contribution in [0.2, 0.25) is 0 Å². The lowest BCUT2D eigenvalue weighted by molar-refractivity contribution is 0.477. The molecule has 0 N–H and O–H groups in total. The van der Waals surface area contributed by atoms with E-state index in [4.69, 9.17) is 4.74 Å². The second-order valence-corrected chi connectivity index (χ2v) is 10.9. The summed E-state index contributed by atoms with van der Waals surface area (Å²) in [5.74, 6) is 1.59. The summed E-state index contributed by atoms with van der Waals surface area (Å²) in [6.07, 6.45) is 0. The molecule has 0 aromatic heterocycles. The molecule has 4 heteroatoms. The maximum Gasteiger partial charge on any atom is 0.171 e. The third-order valence-corrected chi connectivity index (χ3v) is 9.18. The molecule has 5 aromatic rings. The van der Waals surface area contributed by atoms with Gasteiger partial charge in [-0.2, -0.15) is 0 Å². The average molecular weight is 459 g/mol. The molecule has 0 radical (unpaired) electrons. The maximum absolute atomic E-state index is 14.9. The minimum Gasteiger partial charge on any atom is -0.453 e. The first-order chi connectivity index (χ1) is 16.7. The lowest BCUT2D eigenvalue weighted by Gasteiger charge is -2.33. The van der Waals surface area contributed by atoms with Crippen molar-refractivity contribution < 1.29 is 9.30 Å². The third kappa shape index (κ3) is 3.34. The minimum absolute atomic E-state index is 0.793. The SMILES string of the molecule is O=P(c1ccccc1)(c1ccccc1)c1cccc(N2c3ccccc3Oc3ccccc32)c1. The fraction of sp³-hybridized carbons (Fsp3) is 0. The number of anilines is 3. The van der Waals surface area contributed by atoms with Crippen LogP contribution in [0, 0.1) is 0 Å². The molecule has 0 bridgehead atoms. The van der Waals surface area contributed by atoms with Crippen LogP contribution in [0.5, 0.6) is 11.5 Å². The molecule has 5 aromatic carbocycles. The largest absolute Gasteiger partial charge is 0.453 e. The van der Waals surface area contributed by atoms with Crippen molar-refractivity contribution in [1.82, 2.24) is 0 Å². The Labute approximate surface area is 199 Å². The van der Waals surface area contributed by atoms with Crippen LogP contribution in [0.1, 0.15) is 0 Å². The minimum atomic E-state index is -3.08. The van der Waals surface area contributed by atoms with Crippen molar-refractivity contribution in [2.24, 2.45) is 0 Å². The molecule has 3 nitrogen and oxygen atoms in total. The van der Waals surface area contributed by atoms with Gasteiger partial charge in [0.2, 0.25) is 0 Å². The van der Waals surface area contributed by atoms with Gasteiger partial charge >= 0.3 is 0 Å². The van der Waals surface area contributed by atoms with Gasteiger partial charge < -0.3 is 14.2 Å². The zero-order valence-corrected chi connectivity index (χ0v) is 19.3. The standard InChI is InChI=1S/C30H22NO2P/c32-34(24-13-3-1-4-14-24,25-15-5-2-6-16-25)26-17-11-12-23(22-26)31-27-18-7-9-20-29(27)33-30-21-10-8-19-28(30)31/h1-22H. The first kappa shape index (κ1) is 20.5.